The predicted octanol–water partition coefficient (Wildman–Crippen LogP) is 1.97. The lowest BCUT2D eigenvalue weighted by molar-refractivity contribution is 0.134. The van der Waals surface area contributed by atoms with Crippen molar-refractivity contribution in [2.24, 2.45) is 17.4 Å². The van der Waals surface area contributed by atoms with Gasteiger partial charge in [-0.25, -0.2) is 0 Å². The van der Waals surface area contributed by atoms with Crippen molar-refractivity contribution in [1.29, 1.82) is 0 Å². The van der Waals surface area contributed by atoms with Gasteiger partial charge in [-0.05, 0) is 43.4 Å². The lowest BCUT2D eigenvalue weighted by Crippen LogP contribution is -2.22. The Morgan fingerprint density at radius 3 is 2.79 bits per heavy atom. The molecule has 4 nitrogen and oxygen atoms in total. The van der Waals surface area contributed by atoms with E-state index in [0.29, 0.717) is 19.8 Å². The molecule has 1 aromatic rings. The minimum atomic E-state index is -0.184. The third-order valence-corrected chi connectivity index (χ3v) is 3.37. The zero-order valence-corrected chi connectivity index (χ0v) is 11.6. The summed E-state index contributed by atoms with van der Waals surface area (Å²) < 4.78 is 11.3. The van der Waals surface area contributed by atoms with Crippen LogP contribution in [0, 0.1) is 5.92 Å². The van der Waals surface area contributed by atoms with E-state index in [1.54, 1.807) is 0 Å². The van der Waals surface area contributed by atoms with Gasteiger partial charge in [0, 0.05) is 24.8 Å². The maximum atomic E-state index is 6.07. The molecule has 1 aliphatic rings. The van der Waals surface area contributed by atoms with Crippen LogP contribution in [-0.4, -0.2) is 19.8 Å². The molecule has 0 aromatic heterocycles. The van der Waals surface area contributed by atoms with Crippen molar-refractivity contribution in [2.45, 2.75) is 32.4 Å². The van der Waals surface area contributed by atoms with E-state index in [0.717, 1.165) is 29.4 Å². The summed E-state index contributed by atoms with van der Waals surface area (Å²) in [4.78, 5) is 0. The standard InChI is InChI=1S/C15H24N2O2/c1-2-18-9-12-5-6-15(19-10-11-3-4-11)13(7-12)14(17)8-16/h5-7,11,14H,2-4,8-10,16-17H2,1H3. The molecule has 4 N–H and O–H groups in total. The highest BCUT2D eigenvalue weighted by atomic mass is 16.5. The van der Waals surface area contributed by atoms with E-state index in [4.69, 9.17) is 20.9 Å². The first-order chi connectivity index (χ1) is 9.24. The Labute approximate surface area is 115 Å². The molecule has 1 saturated carbocycles. The maximum absolute atomic E-state index is 6.07. The van der Waals surface area contributed by atoms with Crippen molar-refractivity contribution in [3.63, 3.8) is 0 Å². The number of nitrogens with two attached hydrogens (primary N) is 2. The van der Waals surface area contributed by atoms with Gasteiger partial charge in [0.05, 0.1) is 13.2 Å². The summed E-state index contributed by atoms with van der Waals surface area (Å²) in [7, 11) is 0. The third-order valence-electron chi connectivity index (χ3n) is 3.37. The van der Waals surface area contributed by atoms with Crippen molar-refractivity contribution in [1.82, 2.24) is 0 Å². The van der Waals surface area contributed by atoms with Crippen LogP contribution in [0.15, 0.2) is 18.2 Å². The molecule has 1 aromatic carbocycles. The van der Waals surface area contributed by atoms with Crippen molar-refractivity contribution < 1.29 is 9.47 Å². The number of hydrogen-bond acceptors (Lipinski definition) is 4. The SMILES string of the molecule is CCOCc1ccc(OCC2CC2)c(C(N)CN)c1. The molecule has 1 unspecified atom stereocenters. The largest absolute Gasteiger partial charge is 0.493 e. The quantitative estimate of drug-likeness (QED) is 0.753. The minimum Gasteiger partial charge on any atom is -0.493 e. The van der Waals surface area contributed by atoms with Gasteiger partial charge in [-0.1, -0.05) is 6.07 Å². The minimum absolute atomic E-state index is 0.184. The summed E-state index contributed by atoms with van der Waals surface area (Å²) in [5.41, 5.74) is 13.8. The molecule has 1 aliphatic carbocycles. The highest BCUT2D eigenvalue weighted by Gasteiger charge is 2.23. The first-order valence-electron chi connectivity index (χ1n) is 7.03. The zero-order valence-electron chi connectivity index (χ0n) is 11.6. The van der Waals surface area contributed by atoms with Gasteiger partial charge in [-0.3, -0.25) is 0 Å². The highest BCUT2D eigenvalue weighted by molar-refractivity contribution is 5.39. The van der Waals surface area contributed by atoms with Gasteiger partial charge < -0.3 is 20.9 Å². The molecule has 0 saturated heterocycles. The summed E-state index contributed by atoms with van der Waals surface area (Å²) in [5, 5.41) is 0. The van der Waals surface area contributed by atoms with E-state index < -0.39 is 0 Å². The van der Waals surface area contributed by atoms with Crippen molar-refractivity contribution in [2.75, 3.05) is 19.8 Å². The Kier molecular flexibility index (Phi) is 5.19. The molecular weight excluding hydrogens is 240 g/mol. The molecular formula is C15H24N2O2. The van der Waals surface area contributed by atoms with Crippen molar-refractivity contribution in [3.05, 3.63) is 29.3 Å². The second-order valence-corrected chi connectivity index (χ2v) is 5.11. The molecule has 19 heavy (non-hydrogen) atoms. The normalized spacial score (nSPS) is 16.4. The summed E-state index contributed by atoms with van der Waals surface area (Å²) in [6, 6.07) is 5.89. The van der Waals surface area contributed by atoms with E-state index in [9.17, 15) is 0 Å². The monoisotopic (exact) mass is 264 g/mol. The maximum Gasteiger partial charge on any atom is 0.124 e. The lowest BCUT2D eigenvalue weighted by atomic mass is 10.0. The fourth-order valence-corrected chi connectivity index (χ4v) is 1.95. The van der Waals surface area contributed by atoms with Gasteiger partial charge in [0.2, 0.25) is 0 Å². The second-order valence-electron chi connectivity index (χ2n) is 5.11. The fraction of sp³-hybridized carbons (Fsp3) is 0.600. The van der Waals surface area contributed by atoms with E-state index >= 15 is 0 Å². The van der Waals surface area contributed by atoms with Crippen LogP contribution in [0.4, 0.5) is 0 Å². The van der Waals surface area contributed by atoms with Crippen LogP contribution < -0.4 is 16.2 Å². The van der Waals surface area contributed by atoms with Crippen LogP contribution in [0.2, 0.25) is 0 Å². The molecule has 0 heterocycles. The van der Waals surface area contributed by atoms with Crippen molar-refractivity contribution in [3.8, 4) is 5.75 Å². The average Bonchev–Trinajstić information content (AvgIpc) is 3.26. The molecule has 106 valence electrons. The summed E-state index contributed by atoms with van der Waals surface area (Å²) >= 11 is 0. The van der Waals surface area contributed by atoms with Crippen LogP contribution in [0.25, 0.3) is 0 Å². The van der Waals surface area contributed by atoms with Crippen LogP contribution in [0.5, 0.6) is 5.75 Å². The number of benzene rings is 1. The Morgan fingerprint density at radius 2 is 2.16 bits per heavy atom. The van der Waals surface area contributed by atoms with Gasteiger partial charge in [-0.15, -0.1) is 0 Å². The van der Waals surface area contributed by atoms with Crippen LogP contribution in [0.1, 0.15) is 36.9 Å². The van der Waals surface area contributed by atoms with Gasteiger partial charge >= 0.3 is 0 Å². The highest BCUT2D eigenvalue weighted by Crippen LogP contribution is 2.31. The average molecular weight is 264 g/mol. The van der Waals surface area contributed by atoms with Crippen molar-refractivity contribution >= 4 is 0 Å². The predicted molar refractivity (Wildman–Crippen MR) is 76.0 cm³/mol. The Bertz CT molecular complexity index is 405. The molecule has 0 radical (unpaired) electrons. The molecule has 4 heteroatoms. The van der Waals surface area contributed by atoms with E-state index in [1.165, 1.54) is 12.8 Å². The third kappa shape index (κ3) is 4.20. The summed E-state index contributed by atoms with van der Waals surface area (Å²) in [6.45, 7) is 4.49. The van der Waals surface area contributed by atoms with Gasteiger partial charge in [0.25, 0.3) is 0 Å². The zero-order chi connectivity index (χ0) is 13.7. The molecule has 0 aliphatic heterocycles. The molecule has 0 spiro atoms. The summed E-state index contributed by atoms with van der Waals surface area (Å²) in [6.07, 6.45) is 2.56. The first kappa shape index (κ1) is 14.3. The van der Waals surface area contributed by atoms with E-state index in [2.05, 4.69) is 6.07 Å². The first-order valence-corrected chi connectivity index (χ1v) is 7.03. The van der Waals surface area contributed by atoms with E-state index in [-0.39, 0.29) is 6.04 Å². The molecule has 0 bridgehead atoms. The molecule has 2 rings (SSSR count). The number of rotatable bonds is 8. The molecule has 1 atom stereocenters. The van der Waals surface area contributed by atoms with E-state index in [1.807, 2.05) is 19.1 Å². The molecule has 1 fully saturated rings. The summed E-state index contributed by atoms with van der Waals surface area (Å²) in [5.74, 6) is 1.59. The lowest BCUT2D eigenvalue weighted by Gasteiger charge is -2.17. The Balaban J connectivity index is 2.09. The molecule has 0 amide bonds. The fourth-order valence-electron chi connectivity index (χ4n) is 1.95. The Hall–Kier alpha value is -1.10. The van der Waals surface area contributed by atoms with Crippen LogP contribution in [0.3, 0.4) is 0 Å². The van der Waals surface area contributed by atoms with Gasteiger partial charge in [0.15, 0.2) is 0 Å². The smallest absolute Gasteiger partial charge is 0.124 e. The second kappa shape index (κ2) is 6.89. The van der Waals surface area contributed by atoms with Gasteiger partial charge in [0.1, 0.15) is 5.75 Å². The van der Waals surface area contributed by atoms with Crippen LogP contribution >= 0.6 is 0 Å². The number of hydrogen-bond donors (Lipinski definition) is 2. The van der Waals surface area contributed by atoms with Crippen LogP contribution in [-0.2, 0) is 11.3 Å². The topological polar surface area (TPSA) is 70.5 Å². The Morgan fingerprint density at radius 1 is 1.37 bits per heavy atom. The van der Waals surface area contributed by atoms with Gasteiger partial charge in [-0.2, -0.15) is 0 Å². The number of ether oxygens (including phenoxy) is 2.